The second-order valence-corrected chi connectivity index (χ2v) is 27.7. The first kappa shape index (κ1) is 84.5. The molecule has 0 aliphatic rings. The highest BCUT2D eigenvalue weighted by Gasteiger charge is 2.30. The molecule has 0 fully saturated rings. The highest BCUT2D eigenvalue weighted by atomic mass is 31.2. The predicted octanol–water partition coefficient (Wildman–Crippen LogP) is 18.8. The van der Waals surface area contributed by atoms with Crippen LogP contribution in [-0.2, 0) is 65.4 Å². The number of carbonyl (C=O) groups is 4. The van der Waals surface area contributed by atoms with Crippen molar-refractivity contribution in [1.82, 2.24) is 0 Å². The van der Waals surface area contributed by atoms with E-state index in [-0.39, 0.29) is 25.7 Å². The van der Waals surface area contributed by atoms with Crippen LogP contribution in [0, 0.1) is 11.8 Å². The molecule has 0 rings (SSSR count). The number of aliphatic hydroxyl groups excluding tert-OH is 1. The van der Waals surface area contributed by atoms with Crippen molar-refractivity contribution in [2.24, 2.45) is 11.8 Å². The van der Waals surface area contributed by atoms with Gasteiger partial charge in [-0.05, 0) is 63.2 Å². The van der Waals surface area contributed by atoms with Crippen molar-refractivity contribution in [1.29, 1.82) is 0 Å². The molecule has 0 radical (unpaired) electrons. The Hall–Kier alpha value is -2.46. The fourth-order valence-electron chi connectivity index (χ4n) is 9.70. The Balaban J connectivity index is 5.28. The van der Waals surface area contributed by atoms with Crippen molar-refractivity contribution >= 4 is 39.5 Å². The van der Waals surface area contributed by atoms with Crippen LogP contribution in [0.4, 0.5) is 0 Å². The van der Waals surface area contributed by atoms with Crippen molar-refractivity contribution in [3.63, 3.8) is 0 Å². The molecule has 17 nitrogen and oxygen atoms in total. The first-order chi connectivity index (χ1) is 41.9. The maximum absolute atomic E-state index is 13.0. The Morgan fingerprint density at radius 1 is 0.356 bits per heavy atom. The van der Waals surface area contributed by atoms with Gasteiger partial charge in [0, 0.05) is 25.7 Å². The largest absolute Gasteiger partial charge is 0.472 e. The Morgan fingerprint density at radius 3 is 0.943 bits per heavy atom. The van der Waals surface area contributed by atoms with E-state index in [0.717, 1.165) is 121 Å². The van der Waals surface area contributed by atoms with Crippen molar-refractivity contribution in [3.8, 4) is 0 Å². The first-order valence-electron chi connectivity index (χ1n) is 34.8. The summed E-state index contributed by atoms with van der Waals surface area (Å²) in [6, 6.07) is 0. The predicted molar refractivity (Wildman–Crippen MR) is 349 cm³/mol. The molecule has 0 saturated heterocycles. The van der Waals surface area contributed by atoms with E-state index in [4.69, 9.17) is 37.0 Å². The van der Waals surface area contributed by atoms with Crippen LogP contribution in [0.2, 0.25) is 0 Å². The summed E-state index contributed by atoms with van der Waals surface area (Å²) in [7, 11) is -9.91. The van der Waals surface area contributed by atoms with Crippen molar-refractivity contribution in [2.45, 2.75) is 336 Å². The molecule has 0 amide bonds. The molecule has 0 bridgehead atoms. The first-order valence-corrected chi connectivity index (χ1v) is 37.8. The van der Waals surface area contributed by atoms with Gasteiger partial charge in [0.05, 0.1) is 26.4 Å². The molecule has 19 heteroatoms. The monoisotopic (exact) mass is 1280 g/mol. The third kappa shape index (κ3) is 62.1. The molecule has 87 heavy (non-hydrogen) atoms. The number of hydrogen-bond acceptors (Lipinski definition) is 15. The van der Waals surface area contributed by atoms with Gasteiger partial charge in [-0.1, -0.05) is 265 Å². The average molecular weight is 1280 g/mol. The van der Waals surface area contributed by atoms with E-state index in [1.807, 2.05) is 0 Å². The highest BCUT2D eigenvalue weighted by Crippen LogP contribution is 2.45. The molecular formula is C68H128O17P2. The van der Waals surface area contributed by atoms with Crippen LogP contribution in [0.5, 0.6) is 0 Å². The lowest BCUT2D eigenvalue weighted by Gasteiger charge is -2.21. The molecule has 512 valence electrons. The Morgan fingerprint density at radius 2 is 0.621 bits per heavy atom. The summed E-state index contributed by atoms with van der Waals surface area (Å²) in [6.07, 6.45) is 46.7. The van der Waals surface area contributed by atoms with Gasteiger partial charge in [0.1, 0.15) is 19.3 Å². The van der Waals surface area contributed by atoms with Gasteiger partial charge in [-0.25, -0.2) is 9.13 Å². The molecule has 0 aromatic carbocycles. The van der Waals surface area contributed by atoms with E-state index in [9.17, 15) is 43.2 Å². The van der Waals surface area contributed by atoms with E-state index in [1.165, 1.54) is 109 Å². The quantitative estimate of drug-likeness (QED) is 0.0169. The molecular weight excluding hydrogens is 1150 g/mol. The number of phosphoric acid groups is 2. The van der Waals surface area contributed by atoms with Gasteiger partial charge in [0.15, 0.2) is 12.2 Å². The lowest BCUT2D eigenvalue weighted by molar-refractivity contribution is -0.161. The maximum Gasteiger partial charge on any atom is 0.472 e. The second-order valence-electron chi connectivity index (χ2n) is 24.8. The fraction of sp³-hybridized carbons (Fsp3) is 0.882. The molecule has 0 aliphatic heterocycles. The summed E-state index contributed by atoms with van der Waals surface area (Å²) in [4.78, 5) is 72.4. The number of phosphoric ester groups is 2. The lowest BCUT2D eigenvalue weighted by atomic mass is 10.0. The van der Waals surface area contributed by atoms with Gasteiger partial charge >= 0.3 is 39.5 Å². The summed E-state index contributed by atoms with van der Waals surface area (Å²) >= 11 is 0. The van der Waals surface area contributed by atoms with E-state index >= 15 is 0 Å². The van der Waals surface area contributed by atoms with Crippen LogP contribution in [0.3, 0.4) is 0 Å². The summed E-state index contributed by atoms with van der Waals surface area (Å²) in [5, 5.41) is 10.6. The third-order valence-corrected chi connectivity index (χ3v) is 17.0. The van der Waals surface area contributed by atoms with E-state index in [1.54, 1.807) is 0 Å². The van der Waals surface area contributed by atoms with Crippen LogP contribution in [0.15, 0.2) is 24.3 Å². The van der Waals surface area contributed by atoms with Gasteiger partial charge in [0.2, 0.25) is 0 Å². The number of rotatable bonds is 65. The van der Waals surface area contributed by atoms with Crippen molar-refractivity contribution in [3.05, 3.63) is 24.3 Å². The number of hydrogen-bond donors (Lipinski definition) is 3. The molecule has 3 N–H and O–H groups in total. The van der Waals surface area contributed by atoms with Gasteiger partial charge in [-0.2, -0.15) is 0 Å². The summed E-state index contributed by atoms with van der Waals surface area (Å²) in [5.41, 5.74) is 0. The van der Waals surface area contributed by atoms with Crippen molar-refractivity contribution < 1.29 is 80.2 Å². The lowest BCUT2D eigenvalue weighted by Crippen LogP contribution is -2.30. The SMILES string of the molecule is CCCCCC/C=C\C=C/CCCCCCCC(=O)O[C@H](COC(=O)CCCCCCCCCCC(C)C)COP(=O)(O)OC[C@@H](O)COP(=O)(O)OC[C@@H](COC(=O)CCCCCCCCCC(C)C)OC(=O)CCCCCCCCCCCCC. The van der Waals surface area contributed by atoms with Gasteiger partial charge in [-0.3, -0.25) is 37.3 Å². The zero-order valence-corrected chi connectivity index (χ0v) is 57.6. The molecule has 0 spiro atoms. The van der Waals surface area contributed by atoms with E-state index < -0.39 is 97.5 Å². The standard InChI is InChI=1S/C68H128O17P2/c1-7-9-11-13-15-17-19-20-21-22-24-26-34-41-47-53-68(73)84-63(56-78-65(70)50-44-38-32-28-27-30-36-42-48-60(3)4)58-82-86(74,75)80-54-62(69)55-81-87(76,77)83-59-64(57-79-66(71)51-45-39-35-29-31-37-43-49-61(5)6)85-67(72)52-46-40-33-25-23-18-16-14-12-10-8-2/h17,19-21,60-64,69H,7-16,18,22-59H2,1-6H3,(H,74,75)(H,76,77)/b19-17-,21-20-/t62-,63-,64-/m1/s1. The minimum Gasteiger partial charge on any atom is -0.462 e. The van der Waals surface area contributed by atoms with Crippen LogP contribution in [0.25, 0.3) is 0 Å². The van der Waals surface area contributed by atoms with E-state index in [2.05, 4.69) is 65.8 Å². The fourth-order valence-corrected chi connectivity index (χ4v) is 11.3. The topological polar surface area (TPSA) is 237 Å². The third-order valence-electron chi connectivity index (χ3n) is 15.1. The minimum absolute atomic E-state index is 0.0842. The van der Waals surface area contributed by atoms with Crippen molar-refractivity contribution in [2.75, 3.05) is 39.6 Å². The van der Waals surface area contributed by atoms with Crippen LogP contribution < -0.4 is 0 Å². The highest BCUT2D eigenvalue weighted by molar-refractivity contribution is 7.47. The Bertz CT molecular complexity index is 1790. The Labute approximate surface area is 529 Å². The number of aliphatic hydroxyl groups is 1. The number of carbonyl (C=O) groups excluding carboxylic acids is 4. The molecule has 0 aromatic heterocycles. The zero-order valence-electron chi connectivity index (χ0n) is 55.8. The maximum atomic E-state index is 13.0. The summed E-state index contributed by atoms with van der Waals surface area (Å²) in [5.74, 6) is -0.732. The van der Waals surface area contributed by atoms with Gasteiger partial charge in [-0.15, -0.1) is 0 Å². The average Bonchev–Trinajstić information content (AvgIpc) is 3.69. The normalized spacial score (nSPS) is 14.4. The molecule has 0 aliphatic carbocycles. The molecule has 0 saturated carbocycles. The van der Waals surface area contributed by atoms with Gasteiger partial charge < -0.3 is 33.8 Å². The number of allylic oxidation sites excluding steroid dienone is 4. The van der Waals surface area contributed by atoms with Gasteiger partial charge in [0.25, 0.3) is 0 Å². The van der Waals surface area contributed by atoms with Crippen LogP contribution >= 0.6 is 15.6 Å². The number of ether oxygens (including phenoxy) is 4. The van der Waals surface area contributed by atoms with Crippen LogP contribution in [-0.4, -0.2) is 96.7 Å². The van der Waals surface area contributed by atoms with E-state index in [0.29, 0.717) is 31.6 Å². The number of esters is 4. The Kier molecular flexibility index (Phi) is 58.1. The zero-order chi connectivity index (χ0) is 64.3. The second kappa shape index (κ2) is 59.8. The summed E-state index contributed by atoms with van der Waals surface area (Å²) in [6.45, 7) is 9.36. The molecule has 0 aromatic rings. The molecule has 5 atom stereocenters. The molecule has 2 unspecified atom stereocenters. The number of unbranched alkanes of at least 4 members (excludes halogenated alkanes) is 32. The van der Waals surface area contributed by atoms with Crippen LogP contribution in [0.1, 0.15) is 318 Å². The minimum atomic E-state index is -4.96. The smallest absolute Gasteiger partial charge is 0.462 e. The molecule has 0 heterocycles. The summed E-state index contributed by atoms with van der Waals surface area (Å²) < 4.78 is 68.1.